The van der Waals surface area contributed by atoms with Crippen molar-refractivity contribution in [2.24, 2.45) is 0 Å². The second-order valence-electron chi connectivity index (χ2n) is 6.02. The first-order valence-corrected chi connectivity index (χ1v) is 7.17. The third kappa shape index (κ3) is 4.38. The molecule has 5 nitrogen and oxygen atoms in total. The molecule has 0 bridgehead atoms. The average molecular weight is 297 g/mol. The highest BCUT2D eigenvalue weighted by Crippen LogP contribution is 2.23. The van der Waals surface area contributed by atoms with E-state index < -0.39 is 11.7 Å². The molecule has 0 saturated carbocycles. The van der Waals surface area contributed by atoms with Crippen LogP contribution in [0.4, 0.5) is 4.79 Å². The average Bonchev–Trinajstić information content (AvgIpc) is 2.97. The Hall–Kier alpha value is -2.24. The van der Waals surface area contributed by atoms with Gasteiger partial charge in [-0.3, -0.25) is 5.10 Å². The number of H-pyrrole nitrogens is 1. The monoisotopic (exact) mass is 297 g/mol. The lowest BCUT2D eigenvalue weighted by molar-refractivity contribution is 0.0523. The van der Waals surface area contributed by atoms with Crippen LogP contribution in [-0.2, 0) is 17.6 Å². The van der Waals surface area contributed by atoms with Crippen molar-refractivity contribution in [2.75, 3.05) is 0 Å². The molecule has 0 atom stereocenters. The van der Waals surface area contributed by atoms with E-state index in [1.54, 1.807) is 6.20 Å². The van der Waals surface area contributed by atoms with Crippen molar-refractivity contribution in [1.29, 1.82) is 0 Å². The minimum atomic E-state index is -0.514. The Labute approximate surface area is 131 Å². The van der Waals surface area contributed by atoms with E-state index in [1.807, 2.05) is 45.0 Å². The van der Waals surface area contributed by atoms with Crippen LogP contribution in [0.2, 0.25) is 0 Å². The Morgan fingerprint density at radius 2 is 2.14 bits per heavy atom. The number of carbonyl (C=O) groups excluding carboxylic acids is 1. The molecule has 0 fully saturated rings. The Morgan fingerprint density at radius 3 is 2.73 bits per heavy atom. The standard InChI is InChI=1S/C16H20BN3O2/c1-16(2,3)22-15(21)18-10-12-5-4-11(9-17)8-13(12)14-6-7-19-20-14/h4-8H,9-10H2,1-3H3,(H,18,21)(H,19,20). The second kappa shape index (κ2) is 6.68. The second-order valence-corrected chi connectivity index (χ2v) is 6.02. The maximum Gasteiger partial charge on any atom is 0.407 e. The fourth-order valence-corrected chi connectivity index (χ4v) is 2.04. The Morgan fingerprint density at radius 1 is 1.36 bits per heavy atom. The van der Waals surface area contributed by atoms with Gasteiger partial charge in [-0.1, -0.05) is 30.1 Å². The maximum absolute atomic E-state index is 11.8. The summed E-state index contributed by atoms with van der Waals surface area (Å²) >= 11 is 0. The molecule has 0 aliphatic rings. The lowest BCUT2D eigenvalue weighted by Crippen LogP contribution is -2.32. The molecule has 0 aliphatic heterocycles. The molecule has 114 valence electrons. The summed E-state index contributed by atoms with van der Waals surface area (Å²) in [5, 5.41) is 9.68. The summed E-state index contributed by atoms with van der Waals surface area (Å²) in [7, 11) is 5.70. The predicted octanol–water partition coefficient (Wildman–Crippen LogP) is 2.77. The molecule has 1 amide bonds. The van der Waals surface area contributed by atoms with E-state index in [9.17, 15) is 4.79 Å². The number of aromatic nitrogens is 2. The molecule has 6 heteroatoms. The van der Waals surface area contributed by atoms with E-state index in [1.165, 1.54) is 0 Å². The van der Waals surface area contributed by atoms with E-state index in [0.717, 1.165) is 22.4 Å². The molecule has 2 rings (SSSR count). The number of rotatable bonds is 4. The first kappa shape index (κ1) is 16.1. The molecule has 22 heavy (non-hydrogen) atoms. The topological polar surface area (TPSA) is 67.0 Å². The van der Waals surface area contributed by atoms with Crippen molar-refractivity contribution in [3.8, 4) is 11.3 Å². The van der Waals surface area contributed by atoms with Crippen LogP contribution in [0.1, 0.15) is 31.9 Å². The van der Waals surface area contributed by atoms with Gasteiger partial charge in [0.1, 0.15) is 5.60 Å². The highest BCUT2D eigenvalue weighted by molar-refractivity contribution is 6.08. The number of nitrogens with one attached hydrogen (secondary N) is 2. The zero-order valence-corrected chi connectivity index (χ0v) is 13.1. The summed E-state index contributed by atoms with van der Waals surface area (Å²) < 4.78 is 5.24. The summed E-state index contributed by atoms with van der Waals surface area (Å²) in [6.07, 6.45) is 1.71. The molecule has 2 aromatic rings. The van der Waals surface area contributed by atoms with E-state index in [0.29, 0.717) is 12.9 Å². The SMILES string of the molecule is [B]Cc1ccc(CNC(=O)OC(C)(C)C)c(-c2ccn[nH]2)c1. The number of alkyl carbamates (subject to hydrolysis) is 1. The van der Waals surface area contributed by atoms with Gasteiger partial charge in [0.25, 0.3) is 0 Å². The van der Waals surface area contributed by atoms with Gasteiger partial charge in [0.05, 0.1) is 13.5 Å². The Bertz CT molecular complexity index is 633. The number of amides is 1. The van der Waals surface area contributed by atoms with Gasteiger partial charge in [-0.15, -0.1) is 0 Å². The third-order valence-electron chi connectivity index (χ3n) is 3.02. The fourth-order valence-electron chi connectivity index (χ4n) is 2.04. The molecule has 0 saturated heterocycles. The van der Waals surface area contributed by atoms with Gasteiger partial charge in [-0.2, -0.15) is 5.10 Å². The molecule has 1 aromatic heterocycles. The predicted molar refractivity (Wildman–Crippen MR) is 86.6 cm³/mol. The minimum absolute atomic E-state index is 0.369. The van der Waals surface area contributed by atoms with Crippen molar-refractivity contribution in [3.63, 3.8) is 0 Å². The zero-order valence-electron chi connectivity index (χ0n) is 13.1. The van der Waals surface area contributed by atoms with Crippen LogP contribution >= 0.6 is 0 Å². The first-order chi connectivity index (χ1) is 10.4. The third-order valence-corrected chi connectivity index (χ3v) is 3.02. The smallest absolute Gasteiger partial charge is 0.407 e. The van der Waals surface area contributed by atoms with Crippen LogP contribution in [0, 0.1) is 0 Å². The van der Waals surface area contributed by atoms with Gasteiger partial charge < -0.3 is 10.1 Å². The van der Waals surface area contributed by atoms with Gasteiger partial charge in [0, 0.05) is 18.3 Å². The fraction of sp³-hybridized carbons (Fsp3) is 0.375. The minimum Gasteiger partial charge on any atom is -0.444 e. The lowest BCUT2D eigenvalue weighted by atomic mass is 9.93. The molecule has 2 radical (unpaired) electrons. The highest BCUT2D eigenvalue weighted by Gasteiger charge is 2.16. The molecule has 1 aromatic carbocycles. The van der Waals surface area contributed by atoms with E-state index in [-0.39, 0.29) is 0 Å². The van der Waals surface area contributed by atoms with Gasteiger partial charge in [-0.25, -0.2) is 4.79 Å². The van der Waals surface area contributed by atoms with Crippen LogP contribution < -0.4 is 5.32 Å². The van der Waals surface area contributed by atoms with Crippen molar-refractivity contribution < 1.29 is 9.53 Å². The molecule has 0 spiro atoms. The van der Waals surface area contributed by atoms with Crippen molar-refractivity contribution in [2.45, 2.75) is 39.2 Å². The maximum atomic E-state index is 11.8. The van der Waals surface area contributed by atoms with E-state index in [4.69, 9.17) is 12.6 Å². The molecular formula is C16H20BN3O2. The normalized spacial score (nSPS) is 11.2. The van der Waals surface area contributed by atoms with Gasteiger partial charge in [0.15, 0.2) is 0 Å². The van der Waals surface area contributed by atoms with Crippen molar-refractivity contribution in [1.82, 2.24) is 15.5 Å². The summed E-state index contributed by atoms with van der Waals surface area (Å²) in [5.41, 5.74) is 3.32. The number of carbonyl (C=O) groups is 1. The van der Waals surface area contributed by atoms with Gasteiger partial charge >= 0.3 is 6.09 Å². The summed E-state index contributed by atoms with van der Waals surface area (Å²) in [4.78, 5) is 11.8. The van der Waals surface area contributed by atoms with Crippen LogP contribution in [0.5, 0.6) is 0 Å². The quantitative estimate of drug-likeness (QED) is 0.853. The first-order valence-electron chi connectivity index (χ1n) is 7.17. The molecule has 1 heterocycles. The van der Waals surface area contributed by atoms with Crippen LogP contribution in [0.3, 0.4) is 0 Å². The molecule has 0 aliphatic carbocycles. The number of benzene rings is 1. The molecule has 0 unspecified atom stereocenters. The van der Waals surface area contributed by atoms with Crippen molar-refractivity contribution in [3.05, 3.63) is 41.6 Å². The molecule has 2 N–H and O–H groups in total. The zero-order chi connectivity index (χ0) is 16.2. The summed E-state index contributed by atoms with van der Waals surface area (Å²) in [6.45, 7) is 5.87. The van der Waals surface area contributed by atoms with E-state index in [2.05, 4.69) is 15.5 Å². The van der Waals surface area contributed by atoms with Crippen molar-refractivity contribution >= 4 is 13.9 Å². The van der Waals surface area contributed by atoms with Crippen LogP contribution in [-0.4, -0.2) is 29.7 Å². The number of hydrogen-bond donors (Lipinski definition) is 2. The van der Waals surface area contributed by atoms with Crippen LogP contribution in [0.25, 0.3) is 11.3 Å². The highest BCUT2D eigenvalue weighted by atomic mass is 16.6. The Balaban J connectivity index is 2.15. The lowest BCUT2D eigenvalue weighted by Gasteiger charge is -2.20. The summed E-state index contributed by atoms with van der Waals surface area (Å²) in [6, 6.07) is 7.79. The number of aromatic amines is 1. The number of hydrogen-bond acceptors (Lipinski definition) is 3. The molecular weight excluding hydrogens is 277 g/mol. The summed E-state index contributed by atoms with van der Waals surface area (Å²) in [5.74, 6) is 0. The largest absolute Gasteiger partial charge is 0.444 e. The van der Waals surface area contributed by atoms with Crippen LogP contribution in [0.15, 0.2) is 30.5 Å². The Kier molecular flexibility index (Phi) is 4.90. The van der Waals surface area contributed by atoms with Gasteiger partial charge in [-0.05, 0) is 32.4 Å². The number of nitrogens with zero attached hydrogens (tertiary/aromatic N) is 1. The number of ether oxygens (including phenoxy) is 1. The van der Waals surface area contributed by atoms with E-state index >= 15 is 0 Å². The van der Waals surface area contributed by atoms with Gasteiger partial charge in [0.2, 0.25) is 0 Å².